The first-order valence-electron chi connectivity index (χ1n) is 8.24. The summed E-state index contributed by atoms with van der Waals surface area (Å²) in [6, 6.07) is 13.5. The van der Waals surface area contributed by atoms with Crippen molar-refractivity contribution in [1.29, 1.82) is 5.26 Å². The lowest BCUT2D eigenvalue weighted by molar-refractivity contribution is -0.117. The van der Waals surface area contributed by atoms with Crippen LogP contribution in [0.15, 0.2) is 42.0 Å². The molecule has 0 fully saturated rings. The van der Waals surface area contributed by atoms with Gasteiger partial charge in [0.25, 0.3) is 5.91 Å². The third-order valence-electron chi connectivity index (χ3n) is 3.69. The molecule has 0 saturated carbocycles. The van der Waals surface area contributed by atoms with Crippen LogP contribution in [0, 0.1) is 11.3 Å². The largest absolute Gasteiger partial charge is 0.493 e. The number of fused-ring (bicyclic) bond motifs is 1. The number of carbonyl (C=O) groups is 1. The first-order valence-corrected chi connectivity index (χ1v) is 8.24. The molecule has 0 aliphatic rings. The Morgan fingerprint density at radius 2 is 2.00 bits per heavy atom. The topological polar surface area (TPSA) is 71.3 Å². The lowest BCUT2D eigenvalue weighted by Crippen LogP contribution is -2.26. The molecule has 0 aliphatic heterocycles. The van der Waals surface area contributed by atoms with E-state index in [1.807, 2.05) is 49.4 Å². The zero-order valence-corrected chi connectivity index (χ0v) is 14.5. The molecule has 2 rings (SSSR count). The van der Waals surface area contributed by atoms with E-state index in [-0.39, 0.29) is 11.5 Å². The Hall–Kier alpha value is -2.84. The van der Waals surface area contributed by atoms with Crippen LogP contribution in [0.4, 0.5) is 0 Å². The highest BCUT2D eigenvalue weighted by Gasteiger charge is 2.11. The maximum Gasteiger partial charge on any atom is 0.261 e. The van der Waals surface area contributed by atoms with E-state index in [4.69, 9.17) is 9.47 Å². The Morgan fingerprint density at radius 3 is 2.68 bits per heavy atom. The fourth-order valence-electron chi connectivity index (χ4n) is 2.52. The third kappa shape index (κ3) is 4.82. The molecule has 1 N–H and O–H groups in total. The Labute approximate surface area is 147 Å². The number of methoxy groups -OCH3 is 1. The summed E-state index contributed by atoms with van der Waals surface area (Å²) in [6.45, 7) is 3.54. The van der Waals surface area contributed by atoms with E-state index in [1.165, 1.54) is 0 Å². The van der Waals surface area contributed by atoms with Crippen LogP contribution in [0.2, 0.25) is 0 Å². The number of benzene rings is 2. The molecule has 0 saturated heterocycles. The van der Waals surface area contributed by atoms with Gasteiger partial charge in [-0.2, -0.15) is 5.26 Å². The summed E-state index contributed by atoms with van der Waals surface area (Å²) in [4.78, 5) is 12.2. The van der Waals surface area contributed by atoms with Crippen molar-refractivity contribution in [2.45, 2.75) is 13.3 Å². The van der Waals surface area contributed by atoms with Crippen LogP contribution in [0.25, 0.3) is 16.8 Å². The minimum absolute atomic E-state index is 0.0757. The highest BCUT2D eigenvalue weighted by Crippen LogP contribution is 2.29. The van der Waals surface area contributed by atoms with Gasteiger partial charge in [0.05, 0.1) is 6.61 Å². The van der Waals surface area contributed by atoms with Gasteiger partial charge in [0.2, 0.25) is 0 Å². The molecule has 0 aliphatic carbocycles. The van der Waals surface area contributed by atoms with E-state index in [2.05, 4.69) is 5.32 Å². The molecule has 5 nitrogen and oxygen atoms in total. The van der Waals surface area contributed by atoms with E-state index in [9.17, 15) is 10.1 Å². The molecule has 25 heavy (non-hydrogen) atoms. The lowest BCUT2D eigenvalue weighted by Gasteiger charge is -2.10. The molecular formula is C20H22N2O3. The van der Waals surface area contributed by atoms with Crippen LogP contribution in [0.3, 0.4) is 0 Å². The van der Waals surface area contributed by atoms with Crippen molar-refractivity contribution in [2.75, 3.05) is 26.9 Å². The molecule has 5 heteroatoms. The molecule has 1 amide bonds. The minimum atomic E-state index is -0.378. The molecule has 130 valence electrons. The minimum Gasteiger partial charge on any atom is -0.493 e. The highest BCUT2D eigenvalue weighted by atomic mass is 16.5. The number of hydrogen-bond acceptors (Lipinski definition) is 4. The van der Waals surface area contributed by atoms with E-state index < -0.39 is 0 Å². The maximum atomic E-state index is 12.2. The first kappa shape index (κ1) is 18.5. The van der Waals surface area contributed by atoms with Crippen molar-refractivity contribution < 1.29 is 14.3 Å². The van der Waals surface area contributed by atoms with Crippen molar-refractivity contribution >= 4 is 22.8 Å². The van der Waals surface area contributed by atoms with E-state index in [0.29, 0.717) is 26.2 Å². The summed E-state index contributed by atoms with van der Waals surface area (Å²) in [6.07, 6.45) is 2.32. The highest BCUT2D eigenvalue weighted by molar-refractivity contribution is 6.04. The second-order valence-corrected chi connectivity index (χ2v) is 5.40. The number of hydrogen-bond donors (Lipinski definition) is 1. The Bertz CT molecular complexity index is 806. The van der Waals surface area contributed by atoms with Gasteiger partial charge in [0, 0.05) is 25.6 Å². The van der Waals surface area contributed by atoms with Gasteiger partial charge in [-0.25, -0.2) is 0 Å². The Morgan fingerprint density at radius 1 is 1.24 bits per heavy atom. The predicted molar refractivity (Wildman–Crippen MR) is 98.2 cm³/mol. The summed E-state index contributed by atoms with van der Waals surface area (Å²) >= 11 is 0. The summed E-state index contributed by atoms with van der Waals surface area (Å²) in [5, 5.41) is 14.0. The van der Waals surface area contributed by atoms with Gasteiger partial charge in [-0.15, -0.1) is 0 Å². The van der Waals surface area contributed by atoms with Gasteiger partial charge in [-0.05, 0) is 36.4 Å². The first-order chi connectivity index (χ1) is 12.2. The van der Waals surface area contributed by atoms with Gasteiger partial charge < -0.3 is 14.8 Å². The quantitative estimate of drug-likeness (QED) is 0.455. The Balaban J connectivity index is 2.30. The molecule has 0 unspecified atom stereocenters. The van der Waals surface area contributed by atoms with E-state index in [1.54, 1.807) is 13.2 Å². The summed E-state index contributed by atoms with van der Waals surface area (Å²) in [7, 11) is 1.61. The summed E-state index contributed by atoms with van der Waals surface area (Å²) in [5.74, 6) is 0.411. The molecule has 0 spiro atoms. The maximum absolute atomic E-state index is 12.2. The van der Waals surface area contributed by atoms with E-state index in [0.717, 1.165) is 22.1 Å². The predicted octanol–water partition coefficient (Wildman–Crippen LogP) is 3.30. The standard InChI is InChI=1S/C20H22N2O3/c1-3-25-19-10-9-15(17-7-4-5-8-18(17)19)13-16(14-21)20(23)22-11-6-12-24-2/h4-5,7-10,13H,3,6,11-12H2,1-2H3,(H,22,23)/b16-13-. The van der Waals surface area contributed by atoms with Gasteiger partial charge in [-0.3, -0.25) is 4.79 Å². The van der Waals surface area contributed by atoms with Gasteiger partial charge >= 0.3 is 0 Å². The molecule has 0 aromatic heterocycles. The van der Waals surface area contributed by atoms with Crippen LogP contribution >= 0.6 is 0 Å². The number of carbonyl (C=O) groups excluding carboxylic acids is 1. The van der Waals surface area contributed by atoms with Gasteiger partial charge in [0.15, 0.2) is 0 Å². The number of nitrogens with zero attached hydrogens (tertiary/aromatic N) is 1. The SMILES string of the molecule is CCOc1ccc(/C=C(/C#N)C(=O)NCCCOC)c2ccccc12. The molecular weight excluding hydrogens is 316 g/mol. The summed E-state index contributed by atoms with van der Waals surface area (Å²) < 4.78 is 10.6. The van der Waals surface area contributed by atoms with Gasteiger partial charge in [0.1, 0.15) is 17.4 Å². The molecule has 2 aromatic carbocycles. The number of nitriles is 1. The lowest BCUT2D eigenvalue weighted by atomic mass is 10.0. The molecule has 0 bridgehead atoms. The van der Waals surface area contributed by atoms with Crippen LogP contribution < -0.4 is 10.1 Å². The summed E-state index contributed by atoms with van der Waals surface area (Å²) in [5.41, 5.74) is 0.884. The number of amides is 1. The molecule has 0 radical (unpaired) electrons. The fourth-order valence-corrected chi connectivity index (χ4v) is 2.52. The van der Waals surface area contributed by atoms with Crippen molar-refractivity contribution in [3.05, 3.63) is 47.5 Å². The van der Waals surface area contributed by atoms with Crippen molar-refractivity contribution in [3.8, 4) is 11.8 Å². The van der Waals surface area contributed by atoms with Crippen LogP contribution in [-0.2, 0) is 9.53 Å². The smallest absolute Gasteiger partial charge is 0.261 e. The third-order valence-corrected chi connectivity index (χ3v) is 3.69. The normalized spacial score (nSPS) is 11.2. The van der Waals surface area contributed by atoms with Crippen molar-refractivity contribution in [3.63, 3.8) is 0 Å². The van der Waals surface area contributed by atoms with Crippen LogP contribution in [-0.4, -0.2) is 32.8 Å². The van der Waals surface area contributed by atoms with E-state index >= 15 is 0 Å². The van der Waals surface area contributed by atoms with Gasteiger partial charge in [-0.1, -0.05) is 30.3 Å². The van der Waals surface area contributed by atoms with Crippen LogP contribution in [0.5, 0.6) is 5.75 Å². The zero-order chi connectivity index (χ0) is 18.1. The fraction of sp³-hybridized carbons (Fsp3) is 0.300. The monoisotopic (exact) mass is 338 g/mol. The number of nitrogens with one attached hydrogen (secondary N) is 1. The Kier molecular flexibility index (Phi) is 7.00. The molecule has 0 heterocycles. The van der Waals surface area contributed by atoms with Crippen molar-refractivity contribution in [1.82, 2.24) is 5.32 Å². The number of rotatable bonds is 8. The average molecular weight is 338 g/mol. The van der Waals surface area contributed by atoms with Crippen molar-refractivity contribution in [2.24, 2.45) is 0 Å². The van der Waals surface area contributed by atoms with Crippen LogP contribution in [0.1, 0.15) is 18.9 Å². The average Bonchev–Trinajstić information content (AvgIpc) is 2.64. The molecule has 2 aromatic rings. The second-order valence-electron chi connectivity index (χ2n) is 5.40. The zero-order valence-electron chi connectivity index (χ0n) is 14.5. The second kappa shape index (κ2) is 9.45. The molecule has 0 atom stereocenters. The number of ether oxygens (including phenoxy) is 2.